The number of ether oxygens (including phenoxy) is 1. The summed E-state index contributed by atoms with van der Waals surface area (Å²) in [5, 5.41) is 17.8. The van der Waals surface area contributed by atoms with Gasteiger partial charge in [-0.05, 0) is 29.6 Å². The van der Waals surface area contributed by atoms with Crippen molar-refractivity contribution in [1.82, 2.24) is 14.1 Å². The molecule has 170 valence electrons. The fourth-order valence-electron chi connectivity index (χ4n) is 3.33. The van der Waals surface area contributed by atoms with Crippen LogP contribution in [0.4, 0.5) is 5.69 Å². The number of nitro benzene ring substituents is 1. The largest absolute Gasteiger partial charge is 0.495 e. The van der Waals surface area contributed by atoms with Crippen molar-refractivity contribution in [3.8, 4) is 22.0 Å². The van der Waals surface area contributed by atoms with Gasteiger partial charge in [-0.15, -0.1) is 11.3 Å². The average molecular weight is 485 g/mol. The van der Waals surface area contributed by atoms with Gasteiger partial charge in [-0.25, -0.2) is 13.1 Å². The van der Waals surface area contributed by atoms with Crippen LogP contribution in [0.15, 0.2) is 77.1 Å². The Labute approximate surface area is 194 Å². The third-order valence-corrected chi connectivity index (χ3v) is 7.71. The lowest BCUT2D eigenvalue weighted by Crippen LogP contribution is -2.27. The van der Waals surface area contributed by atoms with E-state index in [1.165, 1.54) is 37.6 Å². The highest BCUT2D eigenvalue weighted by Crippen LogP contribution is 2.33. The van der Waals surface area contributed by atoms with Gasteiger partial charge >= 0.3 is 0 Å². The van der Waals surface area contributed by atoms with Gasteiger partial charge < -0.3 is 4.74 Å². The van der Waals surface area contributed by atoms with Crippen molar-refractivity contribution < 1.29 is 18.1 Å². The van der Waals surface area contributed by atoms with Gasteiger partial charge in [0, 0.05) is 37.5 Å². The second-order valence-corrected chi connectivity index (χ2v) is 10.1. The Bertz CT molecular complexity index is 1380. The molecule has 2 heterocycles. The molecule has 0 amide bonds. The average Bonchev–Trinajstić information content (AvgIpc) is 3.49. The molecule has 11 heteroatoms. The monoisotopic (exact) mass is 484 g/mol. The van der Waals surface area contributed by atoms with E-state index in [1.54, 1.807) is 10.9 Å². The molecule has 0 aliphatic carbocycles. The molecule has 0 unspecified atom stereocenters. The van der Waals surface area contributed by atoms with Crippen LogP contribution in [0.5, 0.6) is 5.75 Å². The molecular weight excluding hydrogens is 464 g/mol. The van der Waals surface area contributed by atoms with E-state index >= 15 is 0 Å². The van der Waals surface area contributed by atoms with E-state index in [-0.39, 0.29) is 22.9 Å². The van der Waals surface area contributed by atoms with Crippen LogP contribution >= 0.6 is 11.3 Å². The first-order valence-corrected chi connectivity index (χ1v) is 12.1. The number of nitrogens with zero attached hydrogens (tertiary/aromatic N) is 4. The summed E-state index contributed by atoms with van der Waals surface area (Å²) in [6, 6.07) is 16.8. The molecule has 2 aromatic carbocycles. The zero-order valence-corrected chi connectivity index (χ0v) is 19.4. The number of benzene rings is 2. The highest BCUT2D eigenvalue weighted by Gasteiger charge is 2.29. The molecule has 0 saturated carbocycles. The van der Waals surface area contributed by atoms with Gasteiger partial charge in [-0.3, -0.25) is 10.1 Å². The number of hydrogen-bond donors (Lipinski definition) is 0. The van der Waals surface area contributed by atoms with Crippen LogP contribution in [0.2, 0.25) is 0 Å². The molecule has 33 heavy (non-hydrogen) atoms. The molecule has 0 spiro atoms. The van der Waals surface area contributed by atoms with E-state index in [1.807, 2.05) is 47.8 Å². The van der Waals surface area contributed by atoms with Crippen molar-refractivity contribution in [2.24, 2.45) is 0 Å². The normalized spacial score (nSPS) is 11.6. The van der Waals surface area contributed by atoms with Crippen molar-refractivity contribution in [1.29, 1.82) is 0 Å². The molecule has 2 aromatic heterocycles. The number of sulfonamides is 1. The van der Waals surface area contributed by atoms with Crippen molar-refractivity contribution in [2.45, 2.75) is 11.4 Å². The fraction of sp³-hybridized carbons (Fsp3) is 0.136. The molecule has 0 N–H and O–H groups in total. The third-order valence-electron chi connectivity index (χ3n) is 5.00. The Morgan fingerprint density at radius 3 is 2.55 bits per heavy atom. The van der Waals surface area contributed by atoms with Crippen LogP contribution in [0.1, 0.15) is 5.56 Å². The van der Waals surface area contributed by atoms with Crippen molar-refractivity contribution in [2.75, 3.05) is 14.2 Å². The van der Waals surface area contributed by atoms with E-state index < -0.39 is 14.9 Å². The molecule has 9 nitrogen and oxygen atoms in total. The van der Waals surface area contributed by atoms with Gasteiger partial charge in [0.25, 0.3) is 5.69 Å². The number of rotatable bonds is 8. The van der Waals surface area contributed by atoms with Crippen LogP contribution in [-0.4, -0.2) is 41.6 Å². The lowest BCUT2D eigenvalue weighted by Gasteiger charge is -2.18. The van der Waals surface area contributed by atoms with Gasteiger partial charge in [0.15, 0.2) is 0 Å². The number of non-ortho nitro benzene ring substituents is 1. The van der Waals surface area contributed by atoms with E-state index in [0.717, 1.165) is 20.9 Å². The highest BCUT2D eigenvalue weighted by molar-refractivity contribution is 7.89. The van der Waals surface area contributed by atoms with Crippen LogP contribution in [0.3, 0.4) is 0 Å². The first-order chi connectivity index (χ1) is 15.8. The van der Waals surface area contributed by atoms with Crippen LogP contribution in [0, 0.1) is 10.1 Å². The molecule has 4 aromatic rings. The topological polar surface area (TPSA) is 108 Å². The second-order valence-electron chi connectivity index (χ2n) is 7.11. The minimum absolute atomic E-state index is 0.00818. The Morgan fingerprint density at radius 2 is 1.91 bits per heavy atom. The number of aromatic nitrogens is 2. The second kappa shape index (κ2) is 9.14. The van der Waals surface area contributed by atoms with Crippen LogP contribution in [0.25, 0.3) is 16.3 Å². The first kappa shape index (κ1) is 22.6. The van der Waals surface area contributed by atoms with Crippen LogP contribution < -0.4 is 4.74 Å². The third kappa shape index (κ3) is 4.51. The summed E-state index contributed by atoms with van der Waals surface area (Å²) >= 11 is 1.50. The molecule has 0 saturated heterocycles. The number of nitro groups is 1. The summed E-state index contributed by atoms with van der Waals surface area (Å²) in [4.78, 5) is 11.2. The summed E-state index contributed by atoms with van der Waals surface area (Å²) in [6.07, 6.45) is 1.79. The van der Waals surface area contributed by atoms with Crippen molar-refractivity contribution in [3.63, 3.8) is 0 Å². The van der Waals surface area contributed by atoms with E-state index in [4.69, 9.17) is 9.84 Å². The number of thiophene rings is 1. The molecule has 0 aliphatic rings. The van der Waals surface area contributed by atoms with E-state index in [2.05, 4.69) is 0 Å². The maximum absolute atomic E-state index is 13.4. The zero-order chi connectivity index (χ0) is 23.6. The minimum Gasteiger partial charge on any atom is -0.495 e. The number of hydrogen-bond acceptors (Lipinski definition) is 7. The fourth-order valence-corrected chi connectivity index (χ4v) is 5.40. The van der Waals surface area contributed by atoms with E-state index in [0.29, 0.717) is 11.3 Å². The molecule has 0 atom stereocenters. The minimum atomic E-state index is -4.11. The molecule has 0 radical (unpaired) electrons. The van der Waals surface area contributed by atoms with Crippen LogP contribution in [-0.2, 0) is 16.6 Å². The SMILES string of the molecule is COc1ccc([N+](=O)[O-])cc1S(=O)(=O)N(C)Cc1cn(-c2ccccc2)nc1-c1cccs1. The summed E-state index contributed by atoms with van der Waals surface area (Å²) in [5.74, 6) is 0.0333. The smallest absolute Gasteiger partial charge is 0.271 e. The maximum atomic E-state index is 13.4. The number of methoxy groups -OCH3 is 1. The maximum Gasteiger partial charge on any atom is 0.271 e. The number of para-hydroxylation sites is 1. The summed E-state index contributed by atoms with van der Waals surface area (Å²) in [6.45, 7) is 0.00818. The quantitative estimate of drug-likeness (QED) is 0.272. The molecular formula is C22H20N4O5S2. The molecule has 0 fully saturated rings. The summed E-state index contributed by atoms with van der Waals surface area (Å²) in [5.41, 5.74) is 1.87. The van der Waals surface area contributed by atoms with Crippen molar-refractivity contribution in [3.05, 3.63) is 87.9 Å². The van der Waals surface area contributed by atoms with Gasteiger partial charge in [0.1, 0.15) is 16.3 Å². The Morgan fingerprint density at radius 1 is 1.15 bits per heavy atom. The highest BCUT2D eigenvalue weighted by atomic mass is 32.2. The summed E-state index contributed by atoms with van der Waals surface area (Å²) < 4.78 is 34.7. The predicted octanol–water partition coefficient (Wildman–Crippen LogP) is 4.34. The van der Waals surface area contributed by atoms with Crippen molar-refractivity contribution >= 4 is 27.0 Å². The van der Waals surface area contributed by atoms with Gasteiger partial charge in [-0.2, -0.15) is 9.40 Å². The zero-order valence-electron chi connectivity index (χ0n) is 17.8. The Hall–Kier alpha value is -3.54. The predicted molar refractivity (Wildman–Crippen MR) is 125 cm³/mol. The molecule has 4 rings (SSSR count). The molecule has 0 aliphatic heterocycles. The standard InChI is InChI=1S/C22H20N4O5S2/c1-24(33(29,30)21-13-18(26(27)28)10-11-19(21)31-2)14-16-15-25(17-7-4-3-5-8-17)23-22(16)20-9-6-12-32-20/h3-13,15H,14H2,1-2H3. The Kier molecular flexibility index (Phi) is 6.27. The Balaban J connectivity index is 1.74. The first-order valence-electron chi connectivity index (χ1n) is 9.78. The van der Waals surface area contributed by atoms with Gasteiger partial charge in [0.05, 0.1) is 22.6 Å². The van der Waals surface area contributed by atoms with Gasteiger partial charge in [-0.1, -0.05) is 24.3 Å². The summed E-state index contributed by atoms with van der Waals surface area (Å²) in [7, 11) is -1.37. The van der Waals surface area contributed by atoms with Gasteiger partial charge in [0.2, 0.25) is 10.0 Å². The molecule has 0 bridgehead atoms. The lowest BCUT2D eigenvalue weighted by atomic mass is 10.2. The lowest BCUT2D eigenvalue weighted by molar-refractivity contribution is -0.385. The van der Waals surface area contributed by atoms with E-state index in [9.17, 15) is 18.5 Å².